The van der Waals surface area contributed by atoms with E-state index in [1.54, 1.807) is 12.1 Å². The minimum Gasteiger partial charge on any atom is -0.351 e. The number of carbonyl (C=O) groups is 2. The maximum Gasteiger partial charge on any atom is 0.266 e. The number of allylic oxidation sites excluding steroid dienone is 3. The highest BCUT2D eigenvalue weighted by atomic mass is 35.5. The molecule has 7 nitrogen and oxygen atoms in total. The van der Waals surface area contributed by atoms with E-state index < -0.39 is 27.7 Å². The molecular formula is C42H51ClN2O5S. The van der Waals surface area contributed by atoms with Crippen LogP contribution < -0.4 is 10.6 Å². The van der Waals surface area contributed by atoms with Crippen LogP contribution in [-0.4, -0.2) is 37.1 Å². The third-order valence-electron chi connectivity index (χ3n) is 11.0. The zero-order valence-electron chi connectivity index (χ0n) is 30.3. The minimum absolute atomic E-state index is 0.0490. The van der Waals surface area contributed by atoms with Crippen LogP contribution in [0.25, 0.3) is 11.1 Å². The Morgan fingerprint density at radius 2 is 1.65 bits per heavy atom. The van der Waals surface area contributed by atoms with Crippen molar-refractivity contribution in [1.29, 1.82) is 0 Å². The highest BCUT2D eigenvalue weighted by Crippen LogP contribution is 2.49. The molecular weight excluding hydrogens is 680 g/mol. The van der Waals surface area contributed by atoms with Crippen molar-refractivity contribution in [3.05, 3.63) is 112 Å². The van der Waals surface area contributed by atoms with Crippen LogP contribution in [0.1, 0.15) is 81.3 Å². The van der Waals surface area contributed by atoms with Crippen LogP contribution in [0, 0.1) is 35.5 Å². The Morgan fingerprint density at radius 3 is 2.22 bits per heavy atom. The molecule has 0 heterocycles. The maximum absolute atomic E-state index is 14.1. The lowest BCUT2D eigenvalue weighted by atomic mass is 9.61. The van der Waals surface area contributed by atoms with Crippen LogP contribution >= 0.6 is 11.6 Å². The average Bonchev–Trinajstić information content (AvgIpc) is 3.07. The van der Waals surface area contributed by atoms with Crippen molar-refractivity contribution in [1.82, 2.24) is 5.32 Å². The molecule has 3 aromatic rings. The van der Waals surface area contributed by atoms with Gasteiger partial charge in [-0.05, 0) is 132 Å². The largest absolute Gasteiger partial charge is 0.351 e. The van der Waals surface area contributed by atoms with E-state index >= 15 is 0 Å². The monoisotopic (exact) mass is 730 g/mol. The molecule has 2 aliphatic carbocycles. The first-order valence-corrected chi connectivity index (χ1v) is 19.9. The molecule has 0 saturated heterocycles. The number of hydrogen-bond acceptors (Lipinski definition) is 4. The van der Waals surface area contributed by atoms with E-state index in [0.717, 1.165) is 40.2 Å². The number of benzene rings is 3. The van der Waals surface area contributed by atoms with Gasteiger partial charge in [-0.15, -0.1) is 0 Å². The molecule has 1 unspecified atom stereocenters. The number of rotatable bonds is 11. The van der Waals surface area contributed by atoms with Crippen LogP contribution in [0.2, 0.25) is 5.02 Å². The third kappa shape index (κ3) is 10.2. The van der Waals surface area contributed by atoms with Gasteiger partial charge < -0.3 is 10.6 Å². The summed E-state index contributed by atoms with van der Waals surface area (Å²) in [5.74, 6) is -0.209. The standard InChI is InChI=1S/C42H51ClN2O5S/c1-28-26-35(43)16-19-37(28)30-10-17-36(18-11-30)45-40(47)38(27-29-6-8-32(9-7-29)39(46)44-24-25-51(48,49)50)31-20-22-42(5,23-21-31)34-14-12-33(13-15-34)41(2,3)4/h6-11,16-22,26,33-34,38H,12-15,23-25,27H2,1-5H3,(H,44,46)(H,45,47)(H,48,49,50)/t33?,34?,38-,42?/m1/s1. The van der Waals surface area contributed by atoms with Gasteiger partial charge >= 0.3 is 0 Å². The molecule has 0 spiro atoms. The summed E-state index contributed by atoms with van der Waals surface area (Å²) in [6.45, 7) is 11.2. The van der Waals surface area contributed by atoms with Crippen molar-refractivity contribution >= 4 is 39.2 Å². The van der Waals surface area contributed by atoms with Crippen molar-refractivity contribution in [2.45, 2.75) is 73.1 Å². The van der Waals surface area contributed by atoms with E-state index in [1.807, 2.05) is 61.5 Å². The molecule has 0 aromatic heterocycles. The van der Waals surface area contributed by atoms with E-state index in [9.17, 15) is 18.0 Å². The van der Waals surface area contributed by atoms with Gasteiger partial charge in [-0.2, -0.15) is 8.42 Å². The van der Waals surface area contributed by atoms with Crippen molar-refractivity contribution in [2.24, 2.45) is 28.6 Å². The fourth-order valence-electron chi connectivity index (χ4n) is 7.64. The van der Waals surface area contributed by atoms with Gasteiger partial charge in [0.25, 0.3) is 16.0 Å². The first-order valence-electron chi connectivity index (χ1n) is 17.9. The van der Waals surface area contributed by atoms with Gasteiger partial charge in [-0.3, -0.25) is 14.1 Å². The maximum atomic E-state index is 14.1. The van der Waals surface area contributed by atoms with Crippen LogP contribution in [0.15, 0.2) is 90.5 Å². The second kappa shape index (κ2) is 15.9. The predicted molar refractivity (Wildman–Crippen MR) is 207 cm³/mol. The molecule has 0 radical (unpaired) electrons. The number of halogens is 1. The lowest BCUT2D eigenvalue weighted by Crippen LogP contribution is -2.34. The van der Waals surface area contributed by atoms with Gasteiger partial charge in [0, 0.05) is 22.8 Å². The second-order valence-electron chi connectivity index (χ2n) is 15.7. The Labute approximate surface area is 308 Å². The van der Waals surface area contributed by atoms with E-state index in [4.69, 9.17) is 16.2 Å². The molecule has 1 saturated carbocycles. The normalized spacial score (nSPS) is 21.4. The molecule has 2 atom stereocenters. The fourth-order valence-corrected chi connectivity index (χ4v) is 8.23. The van der Waals surface area contributed by atoms with E-state index in [-0.39, 0.29) is 17.9 Å². The number of aryl methyl sites for hydroxylation is 1. The van der Waals surface area contributed by atoms with Crippen LogP contribution in [0.3, 0.4) is 0 Å². The third-order valence-corrected chi connectivity index (χ3v) is 11.9. The van der Waals surface area contributed by atoms with E-state index in [1.165, 1.54) is 25.7 Å². The Kier molecular flexibility index (Phi) is 12.0. The predicted octanol–water partition coefficient (Wildman–Crippen LogP) is 9.48. The van der Waals surface area contributed by atoms with Gasteiger partial charge in [0.15, 0.2) is 0 Å². The molecule has 2 amide bonds. The van der Waals surface area contributed by atoms with E-state index in [2.05, 4.69) is 56.6 Å². The molecule has 5 rings (SSSR count). The molecule has 3 N–H and O–H groups in total. The Morgan fingerprint density at radius 1 is 0.980 bits per heavy atom. The molecule has 9 heteroatoms. The SMILES string of the molecule is Cc1cc(Cl)ccc1-c1ccc(NC(=O)[C@H](Cc2ccc(C(=O)NCCS(=O)(=O)O)cc2)C2=CCC(C)(C3CCC(C(C)(C)C)CC3)C=C2)cc1. The van der Waals surface area contributed by atoms with Crippen molar-refractivity contribution in [3.63, 3.8) is 0 Å². The summed E-state index contributed by atoms with van der Waals surface area (Å²) in [7, 11) is -4.17. The first kappa shape index (κ1) is 38.5. The summed E-state index contributed by atoms with van der Waals surface area (Å²) in [6.07, 6.45) is 13.0. The Hall–Kier alpha value is -3.72. The smallest absolute Gasteiger partial charge is 0.266 e. The van der Waals surface area contributed by atoms with Crippen LogP contribution in [0.5, 0.6) is 0 Å². The van der Waals surface area contributed by atoms with Gasteiger partial charge in [0.2, 0.25) is 5.91 Å². The fraction of sp³-hybridized carbons (Fsp3) is 0.429. The van der Waals surface area contributed by atoms with Crippen molar-refractivity contribution in [2.75, 3.05) is 17.6 Å². The summed E-state index contributed by atoms with van der Waals surface area (Å²) in [6, 6.07) is 20.6. The highest BCUT2D eigenvalue weighted by Gasteiger charge is 2.39. The van der Waals surface area contributed by atoms with Crippen LogP contribution in [-0.2, 0) is 21.3 Å². The molecule has 2 aliphatic rings. The van der Waals surface area contributed by atoms with Crippen molar-refractivity contribution in [3.8, 4) is 11.1 Å². The second-order valence-corrected chi connectivity index (χ2v) is 17.7. The zero-order valence-corrected chi connectivity index (χ0v) is 31.9. The summed E-state index contributed by atoms with van der Waals surface area (Å²) in [5.41, 5.74) is 6.52. The minimum atomic E-state index is -4.17. The van der Waals surface area contributed by atoms with Gasteiger partial charge in [0.1, 0.15) is 0 Å². The molecule has 3 aromatic carbocycles. The zero-order chi connectivity index (χ0) is 37.0. The van der Waals surface area contributed by atoms with Gasteiger partial charge in [-0.1, -0.05) is 87.9 Å². The van der Waals surface area contributed by atoms with E-state index in [0.29, 0.717) is 34.0 Å². The summed E-state index contributed by atoms with van der Waals surface area (Å²) >= 11 is 6.17. The van der Waals surface area contributed by atoms with Gasteiger partial charge in [-0.25, -0.2) is 0 Å². The number of anilines is 1. The highest BCUT2D eigenvalue weighted by molar-refractivity contribution is 7.85. The lowest BCUT2D eigenvalue weighted by molar-refractivity contribution is -0.118. The Balaban J connectivity index is 1.32. The number of hydrogen-bond donors (Lipinski definition) is 3. The number of carbonyl (C=O) groups excluding carboxylic acids is 2. The molecule has 1 fully saturated rings. The average molecular weight is 731 g/mol. The van der Waals surface area contributed by atoms with Crippen molar-refractivity contribution < 1.29 is 22.6 Å². The summed E-state index contributed by atoms with van der Waals surface area (Å²) < 4.78 is 31.0. The molecule has 272 valence electrons. The summed E-state index contributed by atoms with van der Waals surface area (Å²) in [4.78, 5) is 26.6. The molecule has 0 bridgehead atoms. The quantitative estimate of drug-likeness (QED) is 0.170. The number of nitrogens with one attached hydrogen (secondary N) is 2. The lowest BCUT2D eigenvalue weighted by Gasteiger charge is -2.44. The van der Waals surface area contributed by atoms with Crippen LogP contribution in [0.4, 0.5) is 5.69 Å². The topological polar surface area (TPSA) is 113 Å². The van der Waals surface area contributed by atoms with Gasteiger partial charge in [0.05, 0.1) is 11.7 Å². The number of amides is 2. The summed E-state index contributed by atoms with van der Waals surface area (Å²) in [5, 5.41) is 6.37. The molecule has 51 heavy (non-hydrogen) atoms. The first-order chi connectivity index (χ1) is 24.0. The Bertz CT molecular complexity index is 1890. The molecule has 0 aliphatic heterocycles.